The Balaban J connectivity index is 2.10. The normalized spacial score (nSPS) is 11.0. The van der Waals surface area contributed by atoms with Gasteiger partial charge in [-0.05, 0) is 55.5 Å². The summed E-state index contributed by atoms with van der Waals surface area (Å²) in [7, 11) is 0. The lowest BCUT2D eigenvalue weighted by atomic mass is 10.1. The second kappa shape index (κ2) is 6.40. The van der Waals surface area contributed by atoms with E-state index in [9.17, 15) is 9.18 Å². The first-order chi connectivity index (χ1) is 11.1. The Morgan fingerprint density at radius 3 is 2.43 bits per heavy atom. The van der Waals surface area contributed by atoms with Gasteiger partial charge in [-0.25, -0.2) is 9.07 Å². The molecule has 0 spiro atoms. The molecule has 0 saturated carbocycles. The number of carbonyl (C=O) groups excluding carboxylic acids is 1. The zero-order chi connectivity index (χ0) is 16.2. The molecule has 0 N–H and O–H groups in total. The van der Waals surface area contributed by atoms with Gasteiger partial charge >= 0.3 is 0 Å². The number of aromatic nitrogens is 2. The summed E-state index contributed by atoms with van der Waals surface area (Å²) in [6.45, 7) is 1.50. The van der Waals surface area contributed by atoms with Crippen LogP contribution in [0.4, 0.5) is 4.39 Å². The van der Waals surface area contributed by atoms with Crippen molar-refractivity contribution in [2.24, 2.45) is 0 Å². The van der Waals surface area contributed by atoms with Gasteiger partial charge in [-0.1, -0.05) is 18.2 Å². The number of carbonyl (C=O) groups is 1. The molecule has 0 unspecified atom stereocenters. The molecule has 3 nitrogen and oxygen atoms in total. The number of nitrogens with zero attached hydrogens (tertiary/aromatic N) is 2. The second-order valence-corrected chi connectivity index (χ2v) is 5.16. The summed E-state index contributed by atoms with van der Waals surface area (Å²) in [5, 5.41) is 4.59. The van der Waals surface area contributed by atoms with E-state index < -0.39 is 0 Å². The molecule has 1 heterocycles. The van der Waals surface area contributed by atoms with Crippen molar-refractivity contribution in [3.8, 4) is 16.9 Å². The van der Waals surface area contributed by atoms with Crippen LogP contribution in [0.25, 0.3) is 23.0 Å². The van der Waals surface area contributed by atoms with E-state index in [-0.39, 0.29) is 11.6 Å². The van der Waals surface area contributed by atoms with Crippen molar-refractivity contribution >= 4 is 11.9 Å². The molecular weight excluding hydrogens is 291 g/mol. The fraction of sp³-hybridized carbons (Fsp3) is 0.0526. The average Bonchev–Trinajstić information content (AvgIpc) is 2.99. The summed E-state index contributed by atoms with van der Waals surface area (Å²) in [5.41, 5.74) is 3.21. The van der Waals surface area contributed by atoms with Gasteiger partial charge in [0.2, 0.25) is 0 Å². The maximum absolute atomic E-state index is 13.1. The first-order valence-electron chi connectivity index (χ1n) is 7.23. The summed E-state index contributed by atoms with van der Waals surface area (Å²) >= 11 is 0. The van der Waals surface area contributed by atoms with Crippen LogP contribution in [0.15, 0.2) is 66.9 Å². The number of para-hydroxylation sites is 1. The molecule has 114 valence electrons. The number of halogens is 1. The fourth-order valence-corrected chi connectivity index (χ4v) is 2.26. The Morgan fingerprint density at radius 2 is 1.78 bits per heavy atom. The Kier molecular flexibility index (Phi) is 4.15. The molecule has 3 rings (SSSR count). The predicted molar refractivity (Wildman–Crippen MR) is 88.7 cm³/mol. The largest absolute Gasteiger partial charge is 0.295 e. The van der Waals surface area contributed by atoms with Crippen molar-refractivity contribution < 1.29 is 9.18 Å². The Morgan fingerprint density at radius 1 is 1.09 bits per heavy atom. The van der Waals surface area contributed by atoms with E-state index in [1.807, 2.05) is 36.5 Å². The van der Waals surface area contributed by atoms with Crippen LogP contribution in [0.2, 0.25) is 0 Å². The standard InChI is InChI=1S/C19H15FN2O/c1-14(23)7-8-16-13-22(18-5-3-2-4-6-18)21-19(16)15-9-11-17(20)12-10-15/h2-13H,1H3/b8-7+. The van der Waals surface area contributed by atoms with Gasteiger partial charge in [0.1, 0.15) is 5.82 Å². The van der Waals surface area contributed by atoms with Crippen LogP contribution in [-0.4, -0.2) is 15.6 Å². The van der Waals surface area contributed by atoms with Gasteiger partial charge < -0.3 is 0 Å². The quantitative estimate of drug-likeness (QED) is 0.674. The highest BCUT2D eigenvalue weighted by atomic mass is 19.1. The number of rotatable bonds is 4. The third-order valence-corrected chi connectivity index (χ3v) is 3.38. The zero-order valence-electron chi connectivity index (χ0n) is 12.6. The molecule has 0 bridgehead atoms. The van der Waals surface area contributed by atoms with Crippen LogP contribution < -0.4 is 0 Å². The van der Waals surface area contributed by atoms with E-state index in [0.717, 1.165) is 16.8 Å². The topological polar surface area (TPSA) is 34.9 Å². The molecule has 4 heteroatoms. The molecule has 0 aliphatic rings. The van der Waals surface area contributed by atoms with Crippen molar-refractivity contribution in [3.05, 3.63) is 78.3 Å². The van der Waals surface area contributed by atoms with Gasteiger partial charge in [0.15, 0.2) is 5.78 Å². The number of ketones is 1. The van der Waals surface area contributed by atoms with E-state index in [4.69, 9.17) is 0 Å². The van der Waals surface area contributed by atoms with Gasteiger partial charge in [-0.15, -0.1) is 0 Å². The van der Waals surface area contributed by atoms with Crippen molar-refractivity contribution in [1.82, 2.24) is 9.78 Å². The van der Waals surface area contributed by atoms with Crippen LogP contribution in [0.1, 0.15) is 12.5 Å². The van der Waals surface area contributed by atoms with E-state index in [2.05, 4.69) is 5.10 Å². The molecule has 3 aromatic rings. The van der Waals surface area contributed by atoms with Gasteiger partial charge in [-0.3, -0.25) is 4.79 Å². The lowest BCUT2D eigenvalue weighted by Gasteiger charge is -2.00. The van der Waals surface area contributed by atoms with Crippen LogP contribution in [0.3, 0.4) is 0 Å². The third-order valence-electron chi connectivity index (χ3n) is 3.38. The number of hydrogen-bond acceptors (Lipinski definition) is 2. The van der Waals surface area contributed by atoms with Gasteiger partial charge in [0.05, 0.1) is 11.4 Å². The molecule has 0 amide bonds. The second-order valence-electron chi connectivity index (χ2n) is 5.16. The maximum atomic E-state index is 13.1. The highest BCUT2D eigenvalue weighted by molar-refractivity contribution is 5.92. The molecule has 23 heavy (non-hydrogen) atoms. The number of hydrogen-bond donors (Lipinski definition) is 0. The smallest absolute Gasteiger partial charge is 0.152 e. The molecule has 0 radical (unpaired) electrons. The van der Waals surface area contributed by atoms with E-state index >= 15 is 0 Å². The summed E-state index contributed by atoms with van der Waals surface area (Å²) in [5.74, 6) is -0.334. The minimum Gasteiger partial charge on any atom is -0.295 e. The lowest BCUT2D eigenvalue weighted by Crippen LogP contribution is -1.94. The zero-order valence-corrected chi connectivity index (χ0v) is 12.6. The summed E-state index contributed by atoms with van der Waals surface area (Å²) in [4.78, 5) is 11.2. The van der Waals surface area contributed by atoms with Crippen LogP contribution >= 0.6 is 0 Å². The summed E-state index contributed by atoms with van der Waals surface area (Å²) in [6.07, 6.45) is 5.08. The Hall–Kier alpha value is -3.01. The van der Waals surface area contributed by atoms with Gasteiger partial charge in [-0.2, -0.15) is 5.10 Å². The molecule has 2 aromatic carbocycles. The van der Waals surface area contributed by atoms with E-state index in [1.54, 1.807) is 22.9 Å². The minimum atomic E-state index is -0.294. The average molecular weight is 306 g/mol. The Bertz CT molecular complexity index is 849. The highest BCUT2D eigenvalue weighted by Gasteiger charge is 2.10. The maximum Gasteiger partial charge on any atom is 0.152 e. The SMILES string of the molecule is CC(=O)/C=C/c1cn(-c2ccccc2)nc1-c1ccc(F)cc1. The van der Waals surface area contributed by atoms with Crippen LogP contribution in [0, 0.1) is 5.82 Å². The van der Waals surface area contributed by atoms with Gasteiger partial charge in [0.25, 0.3) is 0 Å². The van der Waals surface area contributed by atoms with Crippen molar-refractivity contribution in [3.63, 3.8) is 0 Å². The summed E-state index contributed by atoms with van der Waals surface area (Å²) < 4.78 is 14.9. The highest BCUT2D eigenvalue weighted by Crippen LogP contribution is 2.25. The first kappa shape index (κ1) is 14.9. The van der Waals surface area contributed by atoms with E-state index in [1.165, 1.54) is 25.1 Å². The third kappa shape index (κ3) is 3.43. The van der Waals surface area contributed by atoms with Crippen LogP contribution in [-0.2, 0) is 4.79 Å². The molecule has 0 fully saturated rings. The van der Waals surface area contributed by atoms with E-state index in [0.29, 0.717) is 5.69 Å². The molecule has 1 aromatic heterocycles. The number of benzene rings is 2. The van der Waals surface area contributed by atoms with Crippen molar-refractivity contribution in [2.75, 3.05) is 0 Å². The fourth-order valence-electron chi connectivity index (χ4n) is 2.26. The lowest BCUT2D eigenvalue weighted by molar-refractivity contribution is -0.112. The molecule has 0 aliphatic heterocycles. The van der Waals surface area contributed by atoms with Crippen LogP contribution in [0.5, 0.6) is 0 Å². The Labute approximate surface area is 133 Å². The van der Waals surface area contributed by atoms with Crippen molar-refractivity contribution in [2.45, 2.75) is 6.92 Å². The monoisotopic (exact) mass is 306 g/mol. The minimum absolute atomic E-state index is 0.0393. The number of allylic oxidation sites excluding steroid dienone is 1. The molecule has 0 saturated heterocycles. The molecular formula is C19H15FN2O. The molecule has 0 atom stereocenters. The first-order valence-corrected chi connectivity index (χ1v) is 7.23. The predicted octanol–water partition coefficient (Wildman–Crippen LogP) is 4.28. The van der Waals surface area contributed by atoms with Crippen molar-refractivity contribution in [1.29, 1.82) is 0 Å². The van der Waals surface area contributed by atoms with Gasteiger partial charge in [0, 0.05) is 17.3 Å². The summed E-state index contributed by atoms with van der Waals surface area (Å²) in [6, 6.07) is 15.8. The molecule has 0 aliphatic carbocycles.